The Hall–Kier alpha value is -2.44. The van der Waals surface area contributed by atoms with E-state index in [0.29, 0.717) is 6.67 Å². The van der Waals surface area contributed by atoms with Gasteiger partial charge in [-0.1, -0.05) is 0 Å². The van der Waals surface area contributed by atoms with E-state index in [9.17, 15) is 14.5 Å². The fourth-order valence-corrected chi connectivity index (χ4v) is 2.69. The van der Waals surface area contributed by atoms with Crippen LogP contribution in [0.2, 0.25) is 0 Å². The Morgan fingerprint density at radius 2 is 2.33 bits per heavy atom. The number of anilines is 1. The Morgan fingerprint density at radius 3 is 3.05 bits per heavy atom. The van der Waals surface area contributed by atoms with Crippen LogP contribution in [0.5, 0.6) is 0 Å². The Morgan fingerprint density at radius 1 is 1.52 bits per heavy atom. The third-order valence-electron chi connectivity index (χ3n) is 3.84. The maximum absolute atomic E-state index is 13.3. The highest BCUT2D eigenvalue weighted by atomic mass is 19.1. The number of aryl methyl sites for hydroxylation is 1. The first-order chi connectivity index (χ1) is 10.0. The predicted molar refractivity (Wildman–Crippen MR) is 75.5 cm³/mol. The molecule has 0 bridgehead atoms. The molecule has 110 valence electrons. The van der Waals surface area contributed by atoms with Crippen molar-refractivity contribution in [3.8, 4) is 0 Å². The third-order valence-corrected chi connectivity index (χ3v) is 3.84. The van der Waals surface area contributed by atoms with E-state index in [-0.39, 0.29) is 17.5 Å². The summed E-state index contributed by atoms with van der Waals surface area (Å²) in [6.45, 7) is 2.50. The molecule has 21 heavy (non-hydrogen) atoms. The molecule has 0 radical (unpaired) electrons. The van der Waals surface area contributed by atoms with Crippen molar-refractivity contribution in [3.05, 3.63) is 52.1 Å². The Labute approximate surface area is 120 Å². The molecule has 0 saturated heterocycles. The highest BCUT2D eigenvalue weighted by molar-refractivity contribution is 5.56. The topological polar surface area (TPSA) is 64.2 Å². The molecular weight excluding hydrogens is 275 g/mol. The van der Waals surface area contributed by atoms with Gasteiger partial charge in [-0.25, -0.2) is 9.07 Å². The zero-order valence-corrected chi connectivity index (χ0v) is 11.6. The van der Waals surface area contributed by atoms with E-state index in [1.807, 2.05) is 0 Å². The maximum atomic E-state index is 13.3. The average Bonchev–Trinajstić information content (AvgIpc) is 2.91. The molecule has 1 atom stereocenters. The van der Waals surface area contributed by atoms with Gasteiger partial charge in [-0.3, -0.25) is 10.1 Å². The van der Waals surface area contributed by atoms with Crippen LogP contribution in [0, 0.1) is 15.9 Å². The molecule has 0 aliphatic carbocycles. The Kier molecular flexibility index (Phi) is 3.32. The number of nitrogens with zero attached hydrogens (tertiary/aromatic N) is 4. The van der Waals surface area contributed by atoms with Crippen LogP contribution in [0.1, 0.15) is 18.9 Å². The van der Waals surface area contributed by atoms with Gasteiger partial charge in [-0.05, 0) is 43.5 Å². The van der Waals surface area contributed by atoms with Gasteiger partial charge in [0.25, 0.3) is 0 Å². The van der Waals surface area contributed by atoms with Crippen molar-refractivity contribution < 1.29 is 9.31 Å². The monoisotopic (exact) mass is 290 g/mol. The summed E-state index contributed by atoms with van der Waals surface area (Å²) in [5.74, 6) is -0.238. The average molecular weight is 290 g/mol. The predicted octanol–water partition coefficient (Wildman–Crippen LogP) is 2.73. The van der Waals surface area contributed by atoms with E-state index in [1.54, 1.807) is 12.1 Å². The first kappa shape index (κ1) is 13.5. The first-order valence-corrected chi connectivity index (χ1v) is 6.76. The van der Waals surface area contributed by atoms with Crippen LogP contribution in [0.4, 0.5) is 15.8 Å². The third kappa shape index (κ3) is 2.58. The highest BCUT2D eigenvalue weighted by Gasteiger charge is 2.24. The number of benzene rings is 1. The van der Waals surface area contributed by atoms with Crippen LogP contribution in [-0.4, -0.2) is 20.7 Å². The molecule has 2 aromatic rings. The van der Waals surface area contributed by atoms with E-state index in [0.717, 1.165) is 24.1 Å². The minimum atomic E-state index is -0.466. The van der Waals surface area contributed by atoms with Crippen molar-refractivity contribution in [2.75, 3.05) is 4.90 Å². The second-order valence-corrected chi connectivity index (χ2v) is 5.27. The fourth-order valence-electron chi connectivity index (χ4n) is 2.69. The molecule has 1 aromatic carbocycles. The van der Waals surface area contributed by atoms with Gasteiger partial charge >= 0.3 is 5.69 Å². The van der Waals surface area contributed by atoms with Crippen molar-refractivity contribution in [1.29, 1.82) is 0 Å². The normalized spacial score (nSPS) is 17.6. The zero-order chi connectivity index (χ0) is 15.0. The molecule has 7 heteroatoms. The van der Waals surface area contributed by atoms with E-state index in [1.165, 1.54) is 23.1 Å². The molecule has 6 nitrogen and oxygen atoms in total. The molecule has 2 heterocycles. The van der Waals surface area contributed by atoms with Gasteiger partial charge in [0.2, 0.25) is 0 Å². The lowest BCUT2D eigenvalue weighted by molar-refractivity contribution is -0.385. The Balaban J connectivity index is 1.89. The SMILES string of the molecule is CC1CCc2cc(F)ccc2N1Cn1cc([N+](=O)[O-])cn1. The molecule has 0 saturated carbocycles. The maximum Gasteiger partial charge on any atom is 0.307 e. The molecule has 1 aliphatic heterocycles. The quantitative estimate of drug-likeness (QED) is 0.644. The van der Waals surface area contributed by atoms with E-state index < -0.39 is 4.92 Å². The number of hydrogen-bond acceptors (Lipinski definition) is 4. The first-order valence-electron chi connectivity index (χ1n) is 6.76. The molecule has 1 unspecified atom stereocenters. The van der Waals surface area contributed by atoms with Crippen LogP contribution in [0.3, 0.4) is 0 Å². The molecule has 0 amide bonds. The molecule has 3 rings (SSSR count). The number of halogens is 1. The summed E-state index contributed by atoms with van der Waals surface area (Å²) < 4.78 is 14.9. The smallest absolute Gasteiger partial charge is 0.307 e. The second-order valence-electron chi connectivity index (χ2n) is 5.27. The van der Waals surface area contributed by atoms with Gasteiger partial charge in [0.05, 0.1) is 4.92 Å². The number of fused-ring (bicyclic) bond motifs is 1. The van der Waals surface area contributed by atoms with Gasteiger partial charge in [-0.15, -0.1) is 0 Å². The lowest BCUT2D eigenvalue weighted by Crippen LogP contribution is -2.38. The molecular formula is C14H15FN4O2. The summed E-state index contributed by atoms with van der Waals surface area (Å²) in [7, 11) is 0. The summed E-state index contributed by atoms with van der Waals surface area (Å²) in [5.41, 5.74) is 1.90. The summed E-state index contributed by atoms with van der Waals surface area (Å²) in [6.07, 6.45) is 4.40. The molecule has 1 aliphatic rings. The van der Waals surface area contributed by atoms with Crippen molar-refractivity contribution in [1.82, 2.24) is 9.78 Å². The van der Waals surface area contributed by atoms with Crippen molar-refractivity contribution >= 4 is 11.4 Å². The van der Waals surface area contributed by atoms with Crippen LogP contribution in [0.15, 0.2) is 30.6 Å². The number of nitro groups is 1. The van der Waals surface area contributed by atoms with E-state index in [2.05, 4.69) is 16.9 Å². The van der Waals surface area contributed by atoms with Gasteiger partial charge in [-0.2, -0.15) is 5.10 Å². The van der Waals surface area contributed by atoms with E-state index in [4.69, 9.17) is 0 Å². The summed E-state index contributed by atoms with van der Waals surface area (Å²) in [5, 5.41) is 14.7. The highest BCUT2D eigenvalue weighted by Crippen LogP contribution is 2.31. The van der Waals surface area contributed by atoms with E-state index >= 15 is 0 Å². The van der Waals surface area contributed by atoms with Crippen LogP contribution < -0.4 is 4.90 Å². The lowest BCUT2D eigenvalue weighted by atomic mass is 9.97. The van der Waals surface area contributed by atoms with Crippen molar-refractivity contribution in [2.24, 2.45) is 0 Å². The standard InChI is InChI=1S/C14H15FN4O2/c1-10-2-3-11-6-12(15)4-5-14(11)18(10)9-17-8-13(7-16-17)19(20)21/h4-8,10H,2-3,9H2,1H3. The number of hydrogen-bond donors (Lipinski definition) is 0. The van der Waals surface area contributed by atoms with Gasteiger partial charge in [0, 0.05) is 11.7 Å². The minimum absolute atomic E-state index is 0.0287. The zero-order valence-electron chi connectivity index (χ0n) is 11.6. The summed E-state index contributed by atoms with van der Waals surface area (Å²) in [6, 6.07) is 5.03. The second kappa shape index (κ2) is 5.16. The largest absolute Gasteiger partial charge is 0.349 e. The van der Waals surface area contributed by atoms with Gasteiger partial charge in [0.15, 0.2) is 0 Å². The van der Waals surface area contributed by atoms with Gasteiger partial charge < -0.3 is 4.90 Å². The summed E-state index contributed by atoms with van der Waals surface area (Å²) in [4.78, 5) is 12.3. The number of rotatable bonds is 3. The fraction of sp³-hybridized carbons (Fsp3) is 0.357. The molecule has 0 fully saturated rings. The molecule has 1 aromatic heterocycles. The van der Waals surface area contributed by atoms with Crippen LogP contribution >= 0.6 is 0 Å². The van der Waals surface area contributed by atoms with Crippen molar-refractivity contribution in [2.45, 2.75) is 32.5 Å². The van der Waals surface area contributed by atoms with Gasteiger partial charge in [0.1, 0.15) is 24.9 Å². The summed E-state index contributed by atoms with van der Waals surface area (Å²) >= 11 is 0. The Bertz CT molecular complexity index is 685. The molecule has 0 spiro atoms. The van der Waals surface area contributed by atoms with Crippen LogP contribution in [0.25, 0.3) is 0 Å². The van der Waals surface area contributed by atoms with Crippen LogP contribution in [-0.2, 0) is 13.1 Å². The number of aromatic nitrogens is 2. The minimum Gasteiger partial charge on any atom is -0.349 e. The molecule has 0 N–H and O–H groups in total. The van der Waals surface area contributed by atoms with Crippen molar-refractivity contribution in [3.63, 3.8) is 0 Å². The lowest BCUT2D eigenvalue weighted by Gasteiger charge is -2.36.